The Morgan fingerprint density at radius 2 is 1.48 bits per heavy atom. The van der Waals surface area contributed by atoms with Crippen molar-refractivity contribution in [3.63, 3.8) is 0 Å². The van der Waals surface area contributed by atoms with E-state index < -0.39 is 0 Å². The molecule has 23 heavy (non-hydrogen) atoms. The number of rotatable bonds is 5. The summed E-state index contributed by atoms with van der Waals surface area (Å²) in [5.41, 5.74) is 2.72. The van der Waals surface area contributed by atoms with Crippen LogP contribution in [-0.2, 0) is 5.41 Å². The number of allylic oxidation sites excluding steroid dienone is 5. The fourth-order valence-corrected chi connectivity index (χ4v) is 2.11. The summed E-state index contributed by atoms with van der Waals surface area (Å²) in [4.78, 5) is 0. The molecule has 0 aliphatic heterocycles. The first-order valence-electron chi connectivity index (χ1n) is 9.20. The first-order valence-corrected chi connectivity index (χ1v) is 9.20. The lowest BCUT2D eigenvalue weighted by Crippen LogP contribution is -2.22. The maximum absolute atomic E-state index is 3.81. The minimum absolute atomic E-state index is 0.0575. The van der Waals surface area contributed by atoms with Gasteiger partial charge >= 0.3 is 0 Å². The third kappa shape index (κ3) is 9.23. The van der Waals surface area contributed by atoms with Crippen molar-refractivity contribution < 1.29 is 0 Å². The molecule has 0 bridgehead atoms. The molecule has 0 spiro atoms. The van der Waals surface area contributed by atoms with Crippen LogP contribution in [0.25, 0.3) is 0 Å². The van der Waals surface area contributed by atoms with Gasteiger partial charge in [-0.1, -0.05) is 117 Å². The van der Waals surface area contributed by atoms with Crippen molar-refractivity contribution in [2.45, 2.75) is 74.1 Å². The van der Waals surface area contributed by atoms with Gasteiger partial charge in [0.25, 0.3) is 0 Å². The van der Waals surface area contributed by atoms with Gasteiger partial charge in [0.2, 0.25) is 0 Å². The highest BCUT2D eigenvalue weighted by Gasteiger charge is 2.26. The van der Waals surface area contributed by atoms with Gasteiger partial charge < -0.3 is 0 Å². The Hall–Kier alpha value is -1.56. The maximum atomic E-state index is 3.81. The second kappa shape index (κ2) is 18.5. The minimum atomic E-state index is 0.0575. The van der Waals surface area contributed by atoms with Crippen molar-refractivity contribution >= 4 is 0 Å². The largest absolute Gasteiger partial charge is 0.0991 e. The van der Waals surface area contributed by atoms with Crippen molar-refractivity contribution in [3.05, 3.63) is 72.4 Å². The van der Waals surface area contributed by atoms with Gasteiger partial charge in [0, 0.05) is 5.41 Å². The van der Waals surface area contributed by atoms with Crippen molar-refractivity contribution in [1.82, 2.24) is 0 Å². The Labute approximate surface area is 147 Å². The van der Waals surface area contributed by atoms with Crippen molar-refractivity contribution in [2.24, 2.45) is 0 Å². The Kier molecular flexibility index (Phi) is 21.2. The van der Waals surface area contributed by atoms with Gasteiger partial charge in [-0.2, -0.15) is 0 Å². The molecule has 0 N–H and O–H groups in total. The first kappa shape index (κ1) is 26.3. The van der Waals surface area contributed by atoms with Crippen LogP contribution in [0, 0.1) is 0 Å². The zero-order valence-corrected chi connectivity index (χ0v) is 17.1. The fraction of sp³-hybridized carbons (Fsp3) is 0.478. The molecule has 0 aromatic heterocycles. The predicted octanol–water partition coefficient (Wildman–Crippen LogP) is 8.12. The van der Waals surface area contributed by atoms with Gasteiger partial charge in [-0.25, -0.2) is 0 Å². The molecule has 0 aliphatic rings. The van der Waals surface area contributed by atoms with Crippen molar-refractivity contribution in [1.29, 1.82) is 0 Å². The Morgan fingerprint density at radius 1 is 1.00 bits per heavy atom. The van der Waals surface area contributed by atoms with E-state index >= 15 is 0 Å². The average Bonchev–Trinajstić information content (AvgIpc) is 2.66. The summed E-state index contributed by atoms with van der Waals surface area (Å²) in [6, 6.07) is 10.7. The van der Waals surface area contributed by atoms with Gasteiger partial charge in [0.15, 0.2) is 0 Å². The topological polar surface area (TPSA) is 0 Å². The third-order valence-electron chi connectivity index (χ3n) is 3.40. The van der Waals surface area contributed by atoms with Crippen LogP contribution >= 0.6 is 0 Å². The molecule has 0 amide bonds. The highest BCUT2D eigenvalue weighted by Crippen LogP contribution is 2.35. The van der Waals surface area contributed by atoms with Crippen LogP contribution < -0.4 is 0 Å². The van der Waals surface area contributed by atoms with Crippen molar-refractivity contribution in [3.8, 4) is 0 Å². The lowest BCUT2D eigenvalue weighted by Gasteiger charge is -2.30. The zero-order chi connectivity index (χ0) is 18.7. The van der Waals surface area contributed by atoms with E-state index in [1.165, 1.54) is 11.1 Å². The molecule has 0 saturated carbocycles. The summed E-state index contributed by atoms with van der Waals surface area (Å²) in [6.07, 6.45) is 9.31. The molecule has 0 fully saturated rings. The summed E-state index contributed by atoms with van der Waals surface area (Å²) in [5.74, 6) is 0. The lowest BCUT2D eigenvalue weighted by atomic mass is 9.73. The first-order chi connectivity index (χ1) is 11.2. The molecule has 1 aromatic carbocycles. The van der Waals surface area contributed by atoms with Crippen LogP contribution in [0.1, 0.15) is 74.3 Å². The van der Waals surface area contributed by atoms with E-state index in [-0.39, 0.29) is 5.41 Å². The zero-order valence-electron chi connectivity index (χ0n) is 17.1. The number of benzene rings is 1. The smallest absolute Gasteiger partial charge is 0.0172 e. The molecule has 1 rings (SSSR count). The van der Waals surface area contributed by atoms with E-state index in [2.05, 4.69) is 75.9 Å². The summed E-state index contributed by atoms with van der Waals surface area (Å²) in [5, 5.41) is 0. The molecule has 1 atom stereocenters. The SMILES string of the molecule is C=C/C=C(\C=C/C)C(C)(CC)c1ccccc1.CC.CC.CC. The van der Waals surface area contributed by atoms with E-state index in [9.17, 15) is 0 Å². The highest BCUT2D eigenvalue weighted by molar-refractivity contribution is 5.42. The Morgan fingerprint density at radius 3 is 1.83 bits per heavy atom. The molecule has 1 aromatic rings. The van der Waals surface area contributed by atoms with E-state index in [4.69, 9.17) is 0 Å². The number of hydrogen-bond donors (Lipinski definition) is 0. The summed E-state index contributed by atoms with van der Waals surface area (Å²) in [6.45, 7) is 22.4. The van der Waals surface area contributed by atoms with E-state index in [0.29, 0.717) is 0 Å². The normalized spacial score (nSPS) is 12.5. The van der Waals surface area contributed by atoms with Crippen LogP contribution in [0.4, 0.5) is 0 Å². The Bertz CT molecular complexity index is 409. The molecule has 0 radical (unpaired) electrons. The predicted molar refractivity (Wildman–Crippen MR) is 111 cm³/mol. The molecule has 0 heterocycles. The van der Waals surface area contributed by atoms with Crippen molar-refractivity contribution in [2.75, 3.05) is 0 Å². The van der Waals surface area contributed by atoms with E-state index in [0.717, 1.165) is 6.42 Å². The second-order valence-electron chi connectivity index (χ2n) is 4.41. The Balaban J connectivity index is -0.000000595. The third-order valence-corrected chi connectivity index (χ3v) is 3.40. The molecule has 1 unspecified atom stereocenters. The summed E-state index contributed by atoms with van der Waals surface area (Å²) in [7, 11) is 0. The van der Waals surface area contributed by atoms with Gasteiger partial charge in [0.05, 0.1) is 0 Å². The van der Waals surface area contributed by atoms with E-state index in [1.807, 2.05) is 47.6 Å². The van der Waals surface area contributed by atoms with Gasteiger partial charge in [-0.15, -0.1) is 0 Å². The monoisotopic (exact) mass is 316 g/mol. The van der Waals surface area contributed by atoms with Gasteiger partial charge in [-0.3, -0.25) is 0 Å². The lowest BCUT2D eigenvalue weighted by molar-refractivity contribution is 0.548. The highest BCUT2D eigenvalue weighted by atomic mass is 14.3. The number of hydrogen-bond acceptors (Lipinski definition) is 0. The van der Waals surface area contributed by atoms with Crippen LogP contribution in [0.5, 0.6) is 0 Å². The van der Waals surface area contributed by atoms with Crippen LogP contribution in [-0.4, -0.2) is 0 Å². The molecule has 0 nitrogen and oxygen atoms in total. The van der Waals surface area contributed by atoms with E-state index in [1.54, 1.807) is 0 Å². The quantitative estimate of drug-likeness (QED) is 0.481. The summed E-state index contributed by atoms with van der Waals surface area (Å²) < 4.78 is 0. The van der Waals surface area contributed by atoms with Crippen LogP contribution in [0.15, 0.2) is 66.8 Å². The van der Waals surface area contributed by atoms with Crippen LogP contribution in [0.2, 0.25) is 0 Å². The second-order valence-corrected chi connectivity index (χ2v) is 4.41. The fourth-order valence-electron chi connectivity index (χ4n) is 2.11. The average molecular weight is 317 g/mol. The molecule has 0 saturated heterocycles. The molecule has 132 valence electrons. The van der Waals surface area contributed by atoms with Gasteiger partial charge in [-0.05, 0) is 24.5 Å². The molecular weight excluding hydrogens is 276 g/mol. The molecular formula is C23H40. The maximum Gasteiger partial charge on any atom is 0.0172 e. The molecule has 0 aliphatic carbocycles. The minimum Gasteiger partial charge on any atom is -0.0991 e. The summed E-state index contributed by atoms with van der Waals surface area (Å²) >= 11 is 0. The van der Waals surface area contributed by atoms with Gasteiger partial charge in [0.1, 0.15) is 0 Å². The van der Waals surface area contributed by atoms with Crippen LogP contribution in [0.3, 0.4) is 0 Å². The standard InChI is InChI=1S/C17H22.3C2H6/c1-5-11-15(12-6-2)17(4,7-3)16-13-9-8-10-14-16;3*1-2/h5-6,8-14H,1,7H2,2-4H3;3*1-2H3/b12-6-,15-11+;;;. The molecule has 0 heteroatoms.